The molecule has 0 radical (unpaired) electrons. The predicted molar refractivity (Wildman–Crippen MR) is 57.5 cm³/mol. The highest BCUT2D eigenvalue weighted by atomic mass is 35.5. The number of nitrogens with two attached hydrogens (primary N) is 1. The third-order valence-electron chi connectivity index (χ3n) is 1.73. The van der Waals surface area contributed by atoms with Gasteiger partial charge in [0.2, 0.25) is 0 Å². The Morgan fingerprint density at radius 3 is 3.00 bits per heavy atom. The van der Waals surface area contributed by atoms with E-state index in [0.29, 0.717) is 30.5 Å². The number of nitrogens with zero attached hydrogens (tertiary/aromatic N) is 1. The molecule has 0 atom stereocenters. The summed E-state index contributed by atoms with van der Waals surface area (Å²) in [5.41, 5.74) is 6.37. The van der Waals surface area contributed by atoms with Crippen molar-refractivity contribution in [2.24, 2.45) is 5.73 Å². The largest absolute Gasteiger partial charge is 0.383 e. The molecule has 14 heavy (non-hydrogen) atoms. The Labute approximate surface area is 88.4 Å². The first kappa shape index (κ1) is 11.2. The zero-order chi connectivity index (χ0) is 10.4. The van der Waals surface area contributed by atoms with E-state index in [4.69, 9.17) is 22.1 Å². The topological polar surface area (TPSA) is 60.2 Å². The van der Waals surface area contributed by atoms with Crippen LogP contribution in [-0.2, 0) is 11.3 Å². The number of nitrogens with one attached hydrogen (secondary N) is 1. The van der Waals surface area contributed by atoms with Crippen LogP contribution < -0.4 is 11.1 Å². The van der Waals surface area contributed by atoms with E-state index in [1.807, 2.05) is 6.07 Å². The van der Waals surface area contributed by atoms with Gasteiger partial charge in [-0.1, -0.05) is 11.6 Å². The summed E-state index contributed by atoms with van der Waals surface area (Å²) < 4.78 is 4.89. The molecule has 0 unspecified atom stereocenters. The van der Waals surface area contributed by atoms with Gasteiger partial charge in [0, 0.05) is 26.4 Å². The summed E-state index contributed by atoms with van der Waals surface area (Å²) in [6.45, 7) is 1.76. The molecule has 1 aromatic rings. The van der Waals surface area contributed by atoms with E-state index in [-0.39, 0.29) is 0 Å². The van der Waals surface area contributed by atoms with Crippen molar-refractivity contribution in [3.05, 3.63) is 22.8 Å². The first-order chi connectivity index (χ1) is 6.77. The molecule has 3 N–H and O–H groups in total. The van der Waals surface area contributed by atoms with Crippen LogP contribution in [0.1, 0.15) is 5.56 Å². The molecule has 0 aromatic carbocycles. The monoisotopic (exact) mass is 215 g/mol. The van der Waals surface area contributed by atoms with Gasteiger partial charge in [0.1, 0.15) is 5.82 Å². The van der Waals surface area contributed by atoms with Gasteiger partial charge in [-0.2, -0.15) is 0 Å². The van der Waals surface area contributed by atoms with Crippen molar-refractivity contribution < 1.29 is 4.74 Å². The fraction of sp³-hybridized carbons (Fsp3) is 0.444. The molecular formula is C9H14ClN3O. The van der Waals surface area contributed by atoms with E-state index in [2.05, 4.69) is 10.3 Å². The molecule has 0 saturated carbocycles. The summed E-state index contributed by atoms with van der Waals surface area (Å²) >= 11 is 5.97. The van der Waals surface area contributed by atoms with Crippen molar-refractivity contribution in [1.29, 1.82) is 0 Å². The molecule has 0 spiro atoms. The zero-order valence-electron chi connectivity index (χ0n) is 8.09. The molecular weight excluding hydrogens is 202 g/mol. The minimum absolute atomic E-state index is 0.449. The van der Waals surface area contributed by atoms with Crippen LogP contribution in [-0.4, -0.2) is 25.2 Å². The maximum Gasteiger partial charge on any atom is 0.144 e. The highest BCUT2D eigenvalue weighted by Gasteiger charge is 2.01. The Morgan fingerprint density at radius 1 is 1.64 bits per heavy atom. The molecule has 78 valence electrons. The number of rotatable bonds is 5. The van der Waals surface area contributed by atoms with Crippen LogP contribution in [0.4, 0.5) is 5.82 Å². The van der Waals surface area contributed by atoms with Crippen LogP contribution in [0.2, 0.25) is 5.02 Å². The van der Waals surface area contributed by atoms with Crippen LogP contribution in [0.5, 0.6) is 0 Å². The van der Waals surface area contributed by atoms with Crippen molar-refractivity contribution in [1.82, 2.24) is 4.98 Å². The summed E-state index contributed by atoms with van der Waals surface area (Å²) in [7, 11) is 1.65. The molecule has 4 nitrogen and oxygen atoms in total. The molecule has 0 aliphatic heterocycles. The van der Waals surface area contributed by atoms with Gasteiger partial charge in [-0.3, -0.25) is 0 Å². The van der Waals surface area contributed by atoms with Gasteiger partial charge in [0.05, 0.1) is 11.6 Å². The SMILES string of the molecule is COCCNc1ncc(CN)cc1Cl. The molecule has 0 aliphatic carbocycles. The summed E-state index contributed by atoms with van der Waals surface area (Å²) in [5.74, 6) is 0.668. The quantitative estimate of drug-likeness (QED) is 0.726. The van der Waals surface area contributed by atoms with Gasteiger partial charge in [0.25, 0.3) is 0 Å². The van der Waals surface area contributed by atoms with Crippen molar-refractivity contribution in [3.63, 3.8) is 0 Å². The van der Waals surface area contributed by atoms with E-state index in [9.17, 15) is 0 Å². The smallest absolute Gasteiger partial charge is 0.144 e. The van der Waals surface area contributed by atoms with Gasteiger partial charge in [-0.15, -0.1) is 0 Å². The Morgan fingerprint density at radius 2 is 2.43 bits per heavy atom. The van der Waals surface area contributed by atoms with E-state index in [1.54, 1.807) is 13.3 Å². The number of halogens is 1. The fourth-order valence-electron chi connectivity index (χ4n) is 0.991. The van der Waals surface area contributed by atoms with Gasteiger partial charge < -0.3 is 15.8 Å². The van der Waals surface area contributed by atoms with Crippen LogP contribution in [0.3, 0.4) is 0 Å². The summed E-state index contributed by atoms with van der Waals surface area (Å²) in [5, 5.41) is 3.64. The molecule has 5 heteroatoms. The number of aromatic nitrogens is 1. The van der Waals surface area contributed by atoms with Crippen LogP contribution in [0.25, 0.3) is 0 Å². The number of ether oxygens (including phenoxy) is 1. The van der Waals surface area contributed by atoms with Crippen LogP contribution in [0.15, 0.2) is 12.3 Å². The number of pyridine rings is 1. The highest BCUT2D eigenvalue weighted by Crippen LogP contribution is 2.19. The minimum atomic E-state index is 0.449. The van der Waals surface area contributed by atoms with Gasteiger partial charge in [-0.25, -0.2) is 4.98 Å². The first-order valence-electron chi connectivity index (χ1n) is 4.35. The Hall–Kier alpha value is -0.840. The van der Waals surface area contributed by atoms with Crippen molar-refractivity contribution in [2.75, 3.05) is 25.6 Å². The van der Waals surface area contributed by atoms with E-state index >= 15 is 0 Å². The van der Waals surface area contributed by atoms with E-state index in [1.165, 1.54) is 0 Å². The fourth-order valence-corrected chi connectivity index (χ4v) is 1.25. The molecule has 0 aliphatic rings. The lowest BCUT2D eigenvalue weighted by molar-refractivity contribution is 0.210. The predicted octanol–water partition coefficient (Wildman–Crippen LogP) is 1.25. The summed E-state index contributed by atoms with van der Waals surface area (Å²) in [6, 6.07) is 1.81. The van der Waals surface area contributed by atoms with E-state index in [0.717, 1.165) is 5.56 Å². The van der Waals surface area contributed by atoms with Crippen molar-refractivity contribution in [3.8, 4) is 0 Å². The Bertz CT molecular complexity index is 293. The number of hydrogen-bond acceptors (Lipinski definition) is 4. The maximum absolute atomic E-state index is 5.97. The van der Waals surface area contributed by atoms with Gasteiger partial charge in [-0.05, 0) is 11.6 Å². The zero-order valence-corrected chi connectivity index (χ0v) is 8.84. The molecule has 0 amide bonds. The van der Waals surface area contributed by atoms with Crippen molar-refractivity contribution >= 4 is 17.4 Å². The van der Waals surface area contributed by atoms with Gasteiger partial charge >= 0.3 is 0 Å². The number of hydrogen-bond donors (Lipinski definition) is 2. The molecule has 0 fully saturated rings. The summed E-state index contributed by atoms with van der Waals surface area (Å²) in [6.07, 6.45) is 1.71. The molecule has 0 bridgehead atoms. The average Bonchev–Trinajstić information content (AvgIpc) is 2.20. The van der Waals surface area contributed by atoms with Crippen LogP contribution >= 0.6 is 11.6 Å². The Kier molecular flexibility index (Phi) is 4.65. The Balaban J connectivity index is 2.59. The average molecular weight is 216 g/mol. The highest BCUT2D eigenvalue weighted by molar-refractivity contribution is 6.32. The van der Waals surface area contributed by atoms with Crippen LogP contribution in [0, 0.1) is 0 Å². The van der Waals surface area contributed by atoms with E-state index < -0.39 is 0 Å². The van der Waals surface area contributed by atoms with Gasteiger partial charge in [0.15, 0.2) is 0 Å². The maximum atomic E-state index is 5.97. The lowest BCUT2D eigenvalue weighted by Crippen LogP contribution is -2.09. The molecule has 1 heterocycles. The first-order valence-corrected chi connectivity index (χ1v) is 4.73. The lowest BCUT2D eigenvalue weighted by atomic mass is 10.3. The second-order valence-electron chi connectivity index (χ2n) is 2.80. The number of methoxy groups -OCH3 is 1. The second kappa shape index (κ2) is 5.80. The second-order valence-corrected chi connectivity index (χ2v) is 3.20. The summed E-state index contributed by atoms with van der Waals surface area (Å²) in [4.78, 5) is 4.14. The molecule has 1 aromatic heterocycles. The third-order valence-corrected chi connectivity index (χ3v) is 2.02. The minimum Gasteiger partial charge on any atom is -0.383 e. The lowest BCUT2D eigenvalue weighted by Gasteiger charge is -2.07. The molecule has 1 rings (SSSR count). The molecule has 0 saturated heterocycles. The third kappa shape index (κ3) is 3.14. The normalized spacial score (nSPS) is 10.2. The number of anilines is 1. The van der Waals surface area contributed by atoms with Crippen molar-refractivity contribution in [2.45, 2.75) is 6.54 Å². The standard InChI is InChI=1S/C9H14ClN3O/c1-14-3-2-12-9-8(10)4-7(5-11)6-13-9/h4,6H,2-3,5,11H2,1H3,(H,12,13).